The Balaban J connectivity index is 2.14. The summed E-state index contributed by atoms with van der Waals surface area (Å²) in [7, 11) is 0. The van der Waals surface area contributed by atoms with Crippen LogP contribution in [0.5, 0.6) is 0 Å². The maximum absolute atomic E-state index is 5.38. The summed E-state index contributed by atoms with van der Waals surface area (Å²) in [5.74, 6) is 0. The Morgan fingerprint density at radius 2 is 2.20 bits per heavy atom. The first kappa shape index (κ1) is 10.2. The van der Waals surface area contributed by atoms with E-state index in [2.05, 4.69) is 37.4 Å². The van der Waals surface area contributed by atoms with Crippen molar-refractivity contribution in [3.8, 4) is 0 Å². The zero-order valence-corrected chi connectivity index (χ0v) is 9.29. The molecule has 0 radical (unpaired) electrons. The van der Waals surface area contributed by atoms with Crippen LogP contribution in [0.25, 0.3) is 11.0 Å². The minimum absolute atomic E-state index is 0.516. The molecular formula is C13H17NO. The molecule has 0 unspecified atom stereocenters. The van der Waals surface area contributed by atoms with Crippen LogP contribution in [0.1, 0.15) is 19.4 Å². The molecule has 0 saturated heterocycles. The van der Waals surface area contributed by atoms with E-state index in [1.807, 2.05) is 6.07 Å². The molecule has 80 valence electrons. The summed E-state index contributed by atoms with van der Waals surface area (Å²) in [5, 5.41) is 4.58. The Kier molecular flexibility index (Phi) is 3.07. The van der Waals surface area contributed by atoms with Crippen LogP contribution in [0.2, 0.25) is 0 Å². The summed E-state index contributed by atoms with van der Waals surface area (Å²) < 4.78 is 5.38. The van der Waals surface area contributed by atoms with Gasteiger partial charge in [-0.1, -0.05) is 19.1 Å². The molecule has 2 nitrogen and oxygen atoms in total. The second-order valence-electron chi connectivity index (χ2n) is 3.96. The normalized spacial score (nSPS) is 13.2. The number of benzene rings is 1. The molecular weight excluding hydrogens is 186 g/mol. The van der Waals surface area contributed by atoms with Gasteiger partial charge in [0.15, 0.2) is 0 Å². The fourth-order valence-corrected chi connectivity index (χ4v) is 1.90. The summed E-state index contributed by atoms with van der Waals surface area (Å²) in [4.78, 5) is 0. The fraction of sp³-hybridized carbons (Fsp3) is 0.385. The summed E-state index contributed by atoms with van der Waals surface area (Å²) in [6.45, 7) is 5.35. The van der Waals surface area contributed by atoms with Crippen LogP contribution in [0.4, 0.5) is 0 Å². The Hall–Kier alpha value is -1.28. The third kappa shape index (κ3) is 2.39. The molecule has 0 spiro atoms. The summed E-state index contributed by atoms with van der Waals surface area (Å²) in [5.41, 5.74) is 2.31. The van der Waals surface area contributed by atoms with E-state index in [1.54, 1.807) is 6.26 Å². The average Bonchev–Trinajstić information content (AvgIpc) is 2.65. The largest absolute Gasteiger partial charge is 0.464 e. The van der Waals surface area contributed by atoms with E-state index in [0.29, 0.717) is 6.04 Å². The van der Waals surface area contributed by atoms with E-state index in [4.69, 9.17) is 4.42 Å². The molecule has 15 heavy (non-hydrogen) atoms. The molecule has 0 aliphatic carbocycles. The molecule has 0 amide bonds. The van der Waals surface area contributed by atoms with Crippen LogP contribution in [0.3, 0.4) is 0 Å². The molecule has 0 saturated carbocycles. The predicted molar refractivity (Wildman–Crippen MR) is 63.1 cm³/mol. The first-order chi connectivity index (χ1) is 7.29. The number of fused-ring (bicyclic) bond motifs is 1. The number of hydrogen-bond donors (Lipinski definition) is 1. The van der Waals surface area contributed by atoms with Crippen molar-refractivity contribution in [2.75, 3.05) is 6.54 Å². The second kappa shape index (κ2) is 4.49. The lowest BCUT2D eigenvalue weighted by atomic mass is 10.1. The SMILES string of the molecule is CCN[C@H](C)Cc1ccc2ccoc2c1. The number of hydrogen-bond acceptors (Lipinski definition) is 2. The highest BCUT2D eigenvalue weighted by Crippen LogP contribution is 2.17. The standard InChI is InChI=1S/C13H17NO/c1-3-14-10(2)8-11-4-5-12-6-7-15-13(12)9-11/h4-7,9-10,14H,3,8H2,1-2H3/t10-/m1/s1. The minimum Gasteiger partial charge on any atom is -0.464 e. The lowest BCUT2D eigenvalue weighted by molar-refractivity contribution is 0.564. The molecule has 2 heteroatoms. The van der Waals surface area contributed by atoms with Crippen LogP contribution < -0.4 is 5.32 Å². The number of rotatable bonds is 4. The quantitative estimate of drug-likeness (QED) is 0.826. The molecule has 0 aliphatic heterocycles. The zero-order chi connectivity index (χ0) is 10.7. The molecule has 0 fully saturated rings. The highest BCUT2D eigenvalue weighted by molar-refractivity contribution is 5.77. The van der Waals surface area contributed by atoms with Gasteiger partial charge in [-0.05, 0) is 37.6 Å². The first-order valence-electron chi connectivity index (χ1n) is 5.49. The van der Waals surface area contributed by atoms with Crippen LogP contribution in [-0.2, 0) is 6.42 Å². The average molecular weight is 203 g/mol. The molecule has 0 aliphatic rings. The first-order valence-corrected chi connectivity index (χ1v) is 5.49. The molecule has 1 heterocycles. The van der Waals surface area contributed by atoms with Crippen molar-refractivity contribution in [1.82, 2.24) is 5.32 Å². The Morgan fingerprint density at radius 1 is 1.33 bits per heavy atom. The van der Waals surface area contributed by atoms with Crippen LogP contribution in [0.15, 0.2) is 34.9 Å². The third-order valence-electron chi connectivity index (χ3n) is 2.62. The maximum Gasteiger partial charge on any atom is 0.134 e. The number of likely N-dealkylation sites (N-methyl/N-ethyl adjacent to an activating group) is 1. The Labute approximate surface area is 90.3 Å². The van der Waals surface area contributed by atoms with Crippen LogP contribution >= 0.6 is 0 Å². The van der Waals surface area contributed by atoms with Crippen molar-refractivity contribution in [3.63, 3.8) is 0 Å². The van der Waals surface area contributed by atoms with Gasteiger partial charge in [-0.15, -0.1) is 0 Å². The van der Waals surface area contributed by atoms with Gasteiger partial charge in [0.1, 0.15) is 5.58 Å². The van der Waals surface area contributed by atoms with Gasteiger partial charge in [0.25, 0.3) is 0 Å². The van der Waals surface area contributed by atoms with Crippen molar-refractivity contribution in [1.29, 1.82) is 0 Å². The predicted octanol–water partition coefficient (Wildman–Crippen LogP) is 2.97. The van der Waals surface area contributed by atoms with E-state index in [0.717, 1.165) is 18.5 Å². The summed E-state index contributed by atoms with van der Waals surface area (Å²) >= 11 is 0. The topological polar surface area (TPSA) is 25.2 Å². The lowest BCUT2D eigenvalue weighted by Gasteiger charge is -2.11. The van der Waals surface area contributed by atoms with E-state index in [1.165, 1.54) is 10.9 Å². The molecule has 2 aromatic rings. The third-order valence-corrected chi connectivity index (χ3v) is 2.62. The number of nitrogens with one attached hydrogen (secondary N) is 1. The fourth-order valence-electron chi connectivity index (χ4n) is 1.90. The van der Waals surface area contributed by atoms with Gasteiger partial charge in [0.2, 0.25) is 0 Å². The van der Waals surface area contributed by atoms with Crippen molar-refractivity contribution < 1.29 is 4.42 Å². The lowest BCUT2D eigenvalue weighted by Crippen LogP contribution is -2.27. The molecule has 1 aromatic heterocycles. The second-order valence-corrected chi connectivity index (χ2v) is 3.96. The van der Waals surface area contributed by atoms with Crippen molar-refractivity contribution >= 4 is 11.0 Å². The van der Waals surface area contributed by atoms with E-state index in [9.17, 15) is 0 Å². The van der Waals surface area contributed by atoms with Gasteiger partial charge >= 0.3 is 0 Å². The molecule has 1 aromatic carbocycles. The van der Waals surface area contributed by atoms with Gasteiger partial charge in [-0.25, -0.2) is 0 Å². The zero-order valence-electron chi connectivity index (χ0n) is 9.29. The minimum atomic E-state index is 0.516. The van der Waals surface area contributed by atoms with Crippen molar-refractivity contribution in [3.05, 3.63) is 36.1 Å². The number of furan rings is 1. The summed E-state index contributed by atoms with van der Waals surface area (Å²) in [6, 6.07) is 8.93. The highest BCUT2D eigenvalue weighted by atomic mass is 16.3. The van der Waals surface area contributed by atoms with Crippen LogP contribution in [-0.4, -0.2) is 12.6 Å². The van der Waals surface area contributed by atoms with Gasteiger partial charge in [-0.3, -0.25) is 0 Å². The molecule has 0 bridgehead atoms. The van der Waals surface area contributed by atoms with E-state index in [-0.39, 0.29) is 0 Å². The Morgan fingerprint density at radius 3 is 3.00 bits per heavy atom. The monoisotopic (exact) mass is 203 g/mol. The van der Waals surface area contributed by atoms with Crippen molar-refractivity contribution in [2.24, 2.45) is 0 Å². The van der Waals surface area contributed by atoms with Gasteiger partial charge in [-0.2, -0.15) is 0 Å². The maximum atomic E-state index is 5.38. The smallest absolute Gasteiger partial charge is 0.134 e. The van der Waals surface area contributed by atoms with Gasteiger partial charge < -0.3 is 9.73 Å². The van der Waals surface area contributed by atoms with Crippen molar-refractivity contribution in [2.45, 2.75) is 26.3 Å². The van der Waals surface area contributed by atoms with E-state index < -0.39 is 0 Å². The van der Waals surface area contributed by atoms with Gasteiger partial charge in [0.05, 0.1) is 6.26 Å². The molecule has 1 N–H and O–H groups in total. The summed E-state index contributed by atoms with van der Waals surface area (Å²) in [6.07, 6.45) is 2.78. The Bertz CT molecular complexity index is 433. The van der Waals surface area contributed by atoms with Gasteiger partial charge in [0, 0.05) is 11.4 Å². The molecule has 2 rings (SSSR count). The van der Waals surface area contributed by atoms with E-state index >= 15 is 0 Å². The van der Waals surface area contributed by atoms with Crippen LogP contribution in [0, 0.1) is 0 Å². The molecule has 1 atom stereocenters. The highest BCUT2D eigenvalue weighted by Gasteiger charge is 2.03.